The van der Waals surface area contributed by atoms with Crippen LogP contribution >= 0.6 is 43.2 Å². The Balaban J connectivity index is 2.28. The Morgan fingerprint density at radius 3 is 2.65 bits per heavy atom. The molecule has 0 atom stereocenters. The van der Waals surface area contributed by atoms with Gasteiger partial charge >= 0.3 is 0 Å². The van der Waals surface area contributed by atoms with Gasteiger partial charge in [-0.25, -0.2) is 8.42 Å². The van der Waals surface area contributed by atoms with Crippen molar-refractivity contribution in [3.8, 4) is 0 Å². The predicted molar refractivity (Wildman–Crippen MR) is 86.3 cm³/mol. The molecule has 0 amide bonds. The van der Waals surface area contributed by atoms with E-state index in [-0.39, 0.29) is 6.54 Å². The molecule has 0 saturated carbocycles. The summed E-state index contributed by atoms with van der Waals surface area (Å²) in [6, 6.07) is 3.34. The van der Waals surface area contributed by atoms with E-state index in [1.54, 1.807) is 30.1 Å². The van der Waals surface area contributed by atoms with Gasteiger partial charge in [0, 0.05) is 13.6 Å². The quantitative estimate of drug-likeness (QED) is 0.713. The second-order valence-electron chi connectivity index (χ2n) is 4.07. The summed E-state index contributed by atoms with van der Waals surface area (Å²) >= 11 is 7.89. The molecule has 2 aromatic heterocycles. The number of aromatic nitrogens is 2. The third kappa shape index (κ3) is 3.16. The number of thiophene rings is 1. The van der Waals surface area contributed by atoms with Gasteiger partial charge in [-0.1, -0.05) is 0 Å². The van der Waals surface area contributed by atoms with Gasteiger partial charge in [0.25, 0.3) is 10.0 Å². The number of hydrogen-bond acceptors (Lipinski definition) is 4. The molecule has 2 aromatic rings. The van der Waals surface area contributed by atoms with Crippen LogP contribution in [0.1, 0.15) is 12.6 Å². The lowest BCUT2D eigenvalue weighted by atomic mass is 10.4. The smallest absolute Gasteiger partial charge is 0.252 e. The summed E-state index contributed by atoms with van der Waals surface area (Å²) in [5.74, 6) is 0. The first-order valence-corrected chi connectivity index (χ1v) is 9.62. The molecule has 5 nitrogen and oxygen atoms in total. The van der Waals surface area contributed by atoms with E-state index in [1.807, 2.05) is 6.92 Å². The molecule has 0 aliphatic carbocycles. The van der Waals surface area contributed by atoms with E-state index in [9.17, 15) is 8.42 Å². The Morgan fingerprint density at radius 1 is 1.40 bits per heavy atom. The second kappa shape index (κ2) is 6.27. The van der Waals surface area contributed by atoms with Crippen molar-refractivity contribution in [3.05, 3.63) is 32.3 Å². The molecule has 0 radical (unpaired) electrons. The molecule has 0 fully saturated rings. The van der Waals surface area contributed by atoms with Gasteiger partial charge in [0.2, 0.25) is 0 Å². The van der Waals surface area contributed by atoms with Gasteiger partial charge in [-0.3, -0.25) is 4.68 Å². The Labute approximate surface area is 138 Å². The van der Waals surface area contributed by atoms with E-state index in [4.69, 9.17) is 0 Å². The number of rotatable bonds is 5. The Morgan fingerprint density at radius 2 is 2.10 bits per heavy atom. The minimum atomic E-state index is -3.48. The number of hydrogen-bond donors (Lipinski definition) is 0. The van der Waals surface area contributed by atoms with Crippen molar-refractivity contribution >= 4 is 53.2 Å². The zero-order valence-corrected chi connectivity index (χ0v) is 15.7. The summed E-state index contributed by atoms with van der Waals surface area (Å²) < 4.78 is 30.0. The topological polar surface area (TPSA) is 55.2 Å². The van der Waals surface area contributed by atoms with Crippen molar-refractivity contribution in [2.75, 3.05) is 7.05 Å². The molecule has 20 heavy (non-hydrogen) atoms. The highest BCUT2D eigenvalue weighted by molar-refractivity contribution is 9.11. The lowest BCUT2D eigenvalue weighted by Crippen LogP contribution is -2.27. The molecule has 0 spiro atoms. The fourth-order valence-electron chi connectivity index (χ4n) is 1.70. The molecule has 2 rings (SSSR count). The molecule has 0 unspecified atom stereocenters. The van der Waals surface area contributed by atoms with Gasteiger partial charge in [-0.2, -0.15) is 9.40 Å². The molecule has 2 heterocycles. The van der Waals surface area contributed by atoms with Crippen LogP contribution in [0.3, 0.4) is 0 Å². The van der Waals surface area contributed by atoms with Gasteiger partial charge in [-0.15, -0.1) is 11.3 Å². The first kappa shape index (κ1) is 16.2. The Bertz CT molecular complexity index is 709. The highest BCUT2D eigenvalue weighted by Crippen LogP contribution is 2.29. The predicted octanol–water partition coefficient (Wildman–Crippen LogP) is 3.31. The zero-order valence-electron chi connectivity index (χ0n) is 10.9. The minimum absolute atomic E-state index is 0.270. The largest absolute Gasteiger partial charge is 0.267 e. The first-order valence-electron chi connectivity index (χ1n) is 5.78. The average molecular weight is 443 g/mol. The van der Waals surface area contributed by atoms with Crippen molar-refractivity contribution < 1.29 is 8.42 Å². The zero-order chi connectivity index (χ0) is 14.9. The molecule has 0 aliphatic heterocycles. The van der Waals surface area contributed by atoms with Crippen molar-refractivity contribution in [1.29, 1.82) is 0 Å². The lowest BCUT2D eigenvalue weighted by molar-refractivity contribution is 0.447. The Kier molecular flexibility index (Phi) is 5.06. The SMILES string of the molecule is CCn1ncc(Br)c1CN(C)S(=O)(=O)c1ccc(Br)s1. The number of halogens is 2. The van der Waals surface area contributed by atoms with Crippen molar-refractivity contribution in [1.82, 2.24) is 14.1 Å². The molecular formula is C11H13Br2N3O2S2. The van der Waals surface area contributed by atoms with E-state index < -0.39 is 10.0 Å². The van der Waals surface area contributed by atoms with Gasteiger partial charge in [0.05, 0.1) is 26.7 Å². The summed E-state index contributed by atoms with van der Waals surface area (Å²) in [7, 11) is -1.90. The third-order valence-electron chi connectivity index (χ3n) is 2.78. The van der Waals surface area contributed by atoms with Gasteiger partial charge in [0.15, 0.2) is 0 Å². The van der Waals surface area contributed by atoms with Crippen LogP contribution in [0.2, 0.25) is 0 Å². The van der Waals surface area contributed by atoms with Crippen molar-refractivity contribution in [2.45, 2.75) is 24.2 Å². The molecule has 110 valence electrons. The molecule has 0 bridgehead atoms. The average Bonchev–Trinajstić information content (AvgIpc) is 2.97. The molecule has 0 N–H and O–H groups in total. The standard InChI is InChI=1S/C11H13Br2N3O2S2/c1-3-16-9(8(12)6-14-16)7-15(2)20(17,18)11-5-4-10(13)19-11/h4-6H,3,7H2,1-2H3. The summed E-state index contributed by atoms with van der Waals surface area (Å²) in [6.45, 7) is 2.93. The van der Waals surface area contributed by atoms with Crippen LogP contribution in [0.5, 0.6) is 0 Å². The number of nitrogens with zero attached hydrogens (tertiary/aromatic N) is 3. The fraction of sp³-hybridized carbons (Fsp3) is 0.364. The molecule has 0 aliphatic rings. The van der Waals surface area contributed by atoms with Gasteiger partial charge in [-0.05, 0) is 50.9 Å². The van der Waals surface area contributed by atoms with Crippen LogP contribution in [0, 0.1) is 0 Å². The van der Waals surface area contributed by atoms with E-state index in [1.165, 1.54) is 15.6 Å². The summed E-state index contributed by atoms with van der Waals surface area (Å²) in [5, 5.41) is 4.19. The summed E-state index contributed by atoms with van der Waals surface area (Å²) in [5.41, 5.74) is 0.842. The first-order chi connectivity index (χ1) is 9.36. The lowest BCUT2D eigenvalue weighted by Gasteiger charge is -2.17. The number of aryl methyl sites for hydroxylation is 1. The van der Waals surface area contributed by atoms with Crippen LogP contribution in [-0.2, 0) is 23.1 Å². The highest BCUT2D eigenvalue weighted by Gasteiger charge is 2.24. The maximum atomic E-state index is 12.5. The maximum absolute atomic E-state index is 12.5. The van der Waals surface area contributed by atoms with Crippen LogP contribution in [-0.4, -0.2) is 29.6 Å². The fourth-order valence-corrected chi connectivity index (χ4v) is 5.48. The van der Waals surface area contributed by atoms with Crippen LogP contribution < -0.4 is 0 Å². The van der Waals surface area contributed by atoms with Gasteiger partial charge in [0.1, 0.15) is 4.21 Å². The van der Waals surface area contributed by atoms with Crippen molar-refractivity contribution in [3.63, 3.8) is 0 Å². The highest BCUT2D eigenvalue weighted by atomic mass is 79.9. The van der Waals surface area contributed by atoms with E-state index >= 15 is 0 Å². The van der Waals surface area contributed by atoms with E-state index in [2.05, 4.69) is 37.0 Å². The third-order valence-corrected chi connectivity index (χ3v) is 7.34. The molecular weight excluding hydrogens is 430 g/mol. The summed E-state index contributed by atoms with van der Waals surface area (Å²) in [4.78, 5) is 0. The molecule has 0 aromatic carbocycles. The number of sulfonamides is 1. The minimum Gasteiger partial charge on any atom is -0.267 e. The maximum Gasteiger partial charge on any atom is 0.252 e. The second-order valence-corrected chi connectivity index (χ2v) is 9.66. The normalized spacial score (nSPS) is 12.2. The monoisotopic (exact) mass is 441 g/mol. The Hall–Kier alpha value is -0.220. The van der Waals surface area contributed by atoms with Crippen LogP contribution in [0.4, 0.5) is 0 Å². The molecule has 0 saturated heterocycles. The van der Waals surface area contributed by atoms with Crippen LogP contribution in [0.15, 0.2) is 30.8 Å². The molecule has 9 heteroatoms. The van der Waals surface area contributed by atoms with Gasteiger partial charge < -0.3 is 0 Å². The van der Waals surface area contributed by atoms with Crippen molar-refractivity contribution in [2.24, 2.45) is 0 Å². The van der Waals surface area contributed by atoms with E-state index in [0.29, 0.717) is 10.8 Å². The summed E-state index contributed by atoms with van der Waals surface area (Å²) in [6.07, 6.45) is 1.68. The van der Waals surface area contributed by atoms with E-state index in [0.717, 1.165) is 14.0 Å². The van der Waals surface area contributed by atoms with Crippen LogP contribution in [0.25, 0.3) is 0 Å².